The Kier molecular flexibility index (Phi) is 5.63. The van der Waals surface area contributed by atoms with Gasteiger partial charge in [-0.3, -0.25) is 19.8 Å². The molecule has 0 radical (unpaired) electrons. The predicted molar refractivity (Wildman–Crippen MR) is 94.7 cm³/mol. The lowest BCUT2D eigenvalue weighted by Crippen LogP contribution is -2.30. The van der Waals surface area contributed by atoms with E-state index < -0.39 is 4.92 Å². The number of amides is 1. The maximum absolute atomic E-state index is 12.9. The zero-order valence-corrected chi connectivity index (χ0v) is 14.6. The Morgan fingerprint density at radius 1 is 1.33 bits per heavy atom. The normalized spacial score (nSPS) is 13.0. The van der Waals surface area contributed by atoms with Gasteiger partial charge < -0.3 is 14.8 Å². The molecule has 0 aliphatic carbocycles. The molecule has 0 saturated heterocycles. The molecule has 142 valence electrons. The van der Waals surface area contributed by atoms with Crippen molar-refractivity contribution in [3.8, 4) is 5.75 Å². The van der Waals surface area contributed by atoms with Crippen LogP contribution in [0, 0.1) is 15.9 Å². The van der Waals surface area contributed by atoms with Crippen LogP contribution in [-0.4, -0.2) is 36.1 Å². The van der Waals surface area contributed by atoms with Crippen LogP contribution in [0.3, 0.4) is 0 Å². The number of halogens is 1. The Morgan fingerprint density at radius 3 is 2.78 bits per heavy atom. The second kappa shape index (κ2) is 8.11. The van der Waals surface area contributed by atoms with Crippen LogP contribution in [0.5, 0.6) is 5.75 Å². The van der Waals surface area contributed by atoms with Gasteiger partial charge in [0.2, 0.25) is 5.91 Å². The van der Waals surface area contributed by atoms with Gasteiger partial charge in [-0.15, -0.1) is 0 Å². The van der Waals surface area contributed by atoms with Crippen LogP contribution >= 0.6 is 0 Å². The standard InChI is InChI=1S/C18H18FN3O5/c1-21(9-17(23)20-15-4-2-14(19)3-5-15)8-12-6-16(22(24)25)7-13-10-26-11-27-18(12)13/h2-7H,8-11H2,1H3,(H,20,23). The number of nitrogens with one attached hydrogen (secondary N) is 1. The number of nitrogens with zero attached hydrogens (tertiary/aromatic N) is 2. The van der Waals surface area contributed by atoms with E-state index in [2.05, 4.69) is 5.32 Å². The fraction of sp³-hybridized carbons (Fsp3) is 0.278. The first-order valence-electron chi connectivity index (χ1n) is 8.17. The van der Waals surface area contributed by atoms with Gasteiger partial charge in [0.1, 0.15) is 11.6 Å². The van der Waals surface area contributed by atoms with E-state index in [1.165, 1.54) is 36.4 Å². The minimum Gasteiger partial charge on any atom is -0.467 e. The van der Waals surface area contributed by atoms with Crippen molar-refractivity contribution in [3.05, 3.63) is 63.5 Å². The molecule has 0 atom stereocenters. The summed E-state index contributed by atoms with van der Waals surface area (Å²) < 4.78 is 23.6. The number of non-ortho nitro benzene ring substituents is 1. The molecule has 1 aliphatic rings. The van der Waals surface area contributed by atoms with Crippen LogP contribution in [0.15, 0.2) is 36.4 Å². The van der Waals surface area contributed by atoms with Gasteiger partial charge in [-0.25, -0.2) is 4.39 Å². The highest BCUT2D eigenvalue weighted by Gasteiger charge is 2.22. The monoisotopic (exact) mass is 375 g/mol. The topological polar surface area (TPSA) is 93.9 Å². The van der Waals surface area contributed by atoms with E-state index >= 15 is 0 Å². The van der Waals surface area contributed by atoms with Gasteiger partial charge >= 0.3 is 0 Å². The Hall–Kier alpha value is -3.04. The Balaban J connectivity index is 1.68. The van der Waals surface area contributed by atoms with Crippen molar-refractivity contribution in [2.45, 2.75) is 13.2 Å². The third kappa shape index (κ3) is 4.78. The summed E-state index contributed by atoms with van der Waals surface area (Å²) in [4.78, 5) is 24.5. The zero-order chi connectivity index (χ0) is 19.4. The second-order valence-corrected chi connectivity index (χ2v) is 6.19. The molecule has 0 saturated carbocycles. The minimum absolute atomic E-state index is 0.0470. The number of hydrogen-bond donors (Lipinski definition) is 1. The highest BCUT2D eigenvalue weighted by atomic mass is 19.1. The van der Waals surface area contributed by atoms with Crippen LogP contribution in [-0.2, 0) is 22.7 Å². The minimum atomic E-state index is -0.473. The average Bonchev–Trinajstić information content (AvgIpc) is 2.63. The number of benzene rings is 2. The van der Waals surface area contributed by atoms with E-state index in [0.717, 1.165) is 0 Å². The fourth-order valence-electron chi connectivity index (χ4n) is 2.83. The first kappa shape index (κ1) is 18.7. The maximum Gasteiger partial charge on any atom is 0.270 e. The number of nitro benzene ring substituents is 1. The van der Waals surface area contributed by atoms with Gasteiger partial charge in [0.05, 0.1) is 18.1 Å². The summed E-state index contributed by atoms with van der Waals surface area (Å²) >= 11 is 0. The summed E-state index contributed by atoms with van der Waals surface area (Å²) in [5, 5.41) is 13.8. The molecule has 3 rings (SSSR count). The molecule has 0 unspecified atom stereocenters. The van der Waals surface area contributed by atoms with Gasteiger partial charge in [-0.1, -0.05) is 0 Å². The van der Waals surface area contributed by atoms with Gasteiger partial charge in [0, 0.05) is 35.5 Å². The number of rotatable bonds is 6. The molecule has 1 amide bonds. The van der Waals surface area contributed by atoms with E-state index in [4.69, 9.17) is 9.47 Å². The summed E-state index contributed by atoms with van der Waals surface area (Å²) in [6.45, 7) is 0.636. The molecule has 2 aromatic carbocycles. The lowest BCUT2D eigenvalue weighted by molar-refractivity contribution is -0.385. The molecule has 1 aliphatic heterocycles. The van der Waals surface area contributed by atoms with E-state index in [1.54, 1.807) is 11.9 Å². The molecule has 27 heavy (non-hydrogen) atoms. The number of carbonyl (C=O) groups is 1. The summed E-state index contributed by atoms with van der Waals surface area (Å²) in [7, 11) is 1.72. The van der Waals surface area contributed by atoms with Gasteiger partial charge in [0.25, 0.3) is 5.69 Å². The number of fused-ring (bicyclic) bond motifs is 1. The molecule has 2 aromatic rings. The van der Waals surface area contributed by atoms with E-state index in [1.807, 2.05) is 0 Å². The number of likely N-dealkylation sites (N-methyl/N-ethyl adjacent to an activating group) is 1. The molecule has 0 fully saturated rings. The zero-order valence-electron chi connectivity index (χ0n) is 14.6. The van der Waals surface area contributed by atoms with Crippen molar-refractivity contribution in [1.29, 1.82) is 0 Å². The van der Waals surface area contributed by atoms with Crippen molar-refractivity contribution in [2.75, 3.05) is 25.7 Å². The number of nitro groups is 1. The molecule has 1 N–H and O–H groups in total. The summed E-state index contributed by atoms with van der Waals surface area (Å²) in [5.41, 5.74) is 1.65. The van der Waals surface area contributed by atoms with Crippen LogP contribution in [0.4, 0.5) is 15.8 Å². The summed E-state index contributed by atoms with van der Waals surface area (Å²) in [6.07, 6.45) is 0. The Labute approximate surface area is 154 Å². The lowest BCUT2D eigenvalue weighted by Gasteiger charge is -2.23. The first-order valence-corrected chi connectivity index (χ1v) is 8.17. The number of hydrogen-bond acceptors (Lipinski definition) is 6. The third-order valence-electron chi connectivity index (χ3n) is 3.96. The van der Waals surface area contributed by atoms with Crippen LogP contribution < -0.4 is 10.1 Å². The smallest absolute Gasteiger partial charge is 0.270 e. The fourth-order valence-corrected chi connectivity index (χ4v) is 2.83. The molecule has 0 aromatic heterocycles. The maximum atomic E-state index is 12.9. The molecule has 8 nitrogen and oxygen atoms in total. The summed E-state index contributed by atoms with van der Waals surface area (Å²) in [5.74, 6) is -0.116. The van der Waals surface area contributed by atoms with Crippen LogP contribution in [0.2, 0.25) is 0 Å². The number of carbonyl (C=O) groups excluding carboxylic acids is 1. The quantitative estimate of drug-likeness (QED) is 0.616. The van der Waals surface area contributed by atoms with Gasteiger partial charge in [0.15, 0.2) is 6.79 Å². The Morgan fingerprint density at radius 2 is 2.07 bits per heavy atom. The predicted octanol–water partition coefficient (Wildman–Crippen LogP) is 2.67. The van der Waals surface area contributed by atoms with Crippen LogP contribution in [0.1, 0.15) is 11.1 Å². The van der Waals surface area contributed by atoms with Crippen molar-refractivity contribution in [2.24, 2.45) is 0 Å². The SMILES string of the molecule is CN(CC(=O)Nc1ccc(F)cc1)Cc1cc([N+](=O)[O-])cc2c1OCOC2. The van der Waals surface area contributed by atoms with Crippen molar-refractivity contribution < 1.29 is 23.6 Å². The molecule has 9 heteroatoms. The highest BCUT2D eigenvalue weighted by Crippen LogP contribution is 2.33. The molecular weight excluding hydrogens is 357 g/mol. The largest absolute Gasteiger partial charge is 0.467 e. The second-order valence-electron chi connectivity index (χ2n) is 6.19. The van der Waals surface area contributed by atoms with Crippen molar-refractivity contribution >= 4 is 17.3 Å². The van der Waals surface area contributed by atoms with E-state index in [9.17, 15) is 19.3 Å². The average molecular weight is 375 g/mol. The third-order valence-corrected chi connectivity index (χ3v) is 3.96. The summed E-state index contributed by atoms with van der Waals surface area (Å²) in [6, 6.07) is 8.33. The van der Waals surface area contributed by atoms with E-state index in [-0.39, 0.29) is 43.9 Å². The van der Waals surface area contributed by atoms with E-state index in [0.29, 0.717) is 22.6 Å². The molecule has 1 heterocycles. The van der Waals surface area contributed by atoms with Gasteiger partial charge in [-0.2, -0.15) is 0 Å². The highest BCUT2D eigenvalue weighted by molar-refractivity contribution is 5.92. The first-order chi connectivity index (χ1) is 12.9. The van der Waals surface area contributed by atoms with Crippen molar-refractivity contribution in [3.63, 3.8) is 0 Å². The van der Waals surface area contributed by atoms with Crippen molar-refractivity contribution in [1.82, 2.24) is 4.90 Å². The Bertz CT molecular complexity index is 857. The molecular formula is C18H18FN3O5. The van der Waals surface area contributed by atoms with Crippen LogP contribution in [0.25, 0.3) is 0 Å². The lowest BCUT2D eigenvalue weighted by atomic mass is 10.1. The molecule has 0 spiro atoms. The van der Waals surface area contributed by atoms with Gasteiger partial charge in [-0.05, 0) is 31.3 Å². The number of ether oxygens (including phenoxy) is 2. The molecule has 0 bridgehead atoms. The number of anilines is 1.